The largest absolute Gasteiger partial charge is 0.396 e. The fourth-order valence-electron chi connectivity index (χ4n) is 1.61. The molecule has 13 heavy (non-hydrogen) atoms. The Morgan fingerprint density at radius 2 is 2.00 bits per heavy atom. The number of piperazine rings is 1. The van der Waals surface area contributed by atoms with E-state index in [1.165, 1.54) is 0 Å². The van der Waals surface area contributed by atoms with E-state index in [1.54, 1.807) is 0 Å². The van der Waals surface area contributed by atoms with Gasteiger partial charge in [0.25, 0.3) is 0 Å². The summed E-state index contributed by atoms with van der Waals surface area (Å²) < 4.78 is 0. The van der Waals surface area contributed by atoms with Gasteiger partial charge in [0.1, 0.15) is 0 Å². The maximum Gasteiger partial charge on any atom is 0.0668 e. The minimum Gasteiger partial charge on any atom is -0.396 e. The first-order chi connectivity index (χ1) is 6.33. The summed E-state index contributed by atoms with van der Waals surface area (Å²) in [6.45, 7) is 5.02. The van der Waals surface area contributed by atoms with Crippen LogP contribution < -0.4 is 5.32 Å². The molecule has 0 amide bonds. The van der Waals surface area contributed by atoms with E-state index < -0.39 is 0 Å². The van der Waals surface area contributed by atoms with Crippen molar-refractivity contribution in [2.75, 3.05) is 39.3 Å². The predicted molar refractivity (Wildman–Crippen MR) is 51.6 cm³/mol. The molecule has 1 aliphatic rings. The number of aliphatic hydroxyl groups is 2. The maximum absolute atomic E-state index is 9.56. The van der Waals surface area contributed by atoms with Gasteiger partial charge in [-0.05, 0) is 12.8 Å². The third-order valence-corrected chi connectivity index (χ3v) is 2.37. The monoisotopic (exact) mass is 188 g/mol. The van der Waals surface area contributed by atoms with Crippen LogP contribution in [0.3, 0.4) is 0 Å². The molecule has 4 heteroatoms. The van der Waals surface area contributed by atoms with Crippen LogP contribution in [0.15, 0.2) is 0 Å². The Balaban J connectivity index is 2.07. The van der Waals surface area contributed by atoms with Crippen LogP contribution in [0.2, 0.25) is 0 Å². The standard InChI is InChI=1S/C9H20N2O2/c12-7-1-2-9(13)8-11-5-3-10-4-6-11/h9-10,12-13H,1-8H2. The Kier molecular flexibility index (Phi) is 5.31. The van der Waals surface area contributed by atoms with Gasteiger partial charge >= 0.3 is 0 Å². The van der Waals surface area contributed by atoms with Crippen molar-refractivity contribution in [2.24, 2.45) is 0 Å². The molecular weight excluding hydrogens is 168 g/mol. The molecule has 1 unspecified atom stereocenters. The topological polar surface area (TPSA) is 55.7 Å². The molecule has 1 heterocycles. The van der Waals surface area contributed by atoms with E-state index in [2.05, 4.69) is 10.2 Å². The first-order valence-corrected chi connectivity index (χ1v) is 5.05. The number of rotatable bonds is 5. The molecule has 1 saturated heterocycles. The van der Waals surface area contributed by atoms with Crippen molar-refractivity contribution in [1.82, 2.24) is 10.2 Å². The zero-order chi connectivity index (χ0) is 9.52. The molecule has 1 rings (SSSR count). The van der Waals surface area contributed by atoms with Crippen LogP contribution in [0.4, 0.5) is 0 Å². The van der Waals surface area contributed by atoms with E-state index in [9.17, 15) is 5.11 Å². The number of nitrogens with zero attached hydrogens (tertiary/aromatic N) is 1. The second kappa shape index (κ2) is 6.32. The zero-order valence-corrected chi connectivity index (χ0v) is 8.08. The van der Waals surface area contributed by atoms with Crippen LogP contribution in [0.1, 0.15) is 12.8 Å². The van der Waals surface area contributed by atoms with Gasteiger partial charge in [-0.25, -0.2) is 0 Å². The maximum atomic E-state index is 9.56. The molecule has 0 radical (unpaired) electrons. The van der Waals surface area contributed by atoms with E-state index in [1.807, 2.05) is 0 Å². The van der Waals surface area contributed by atoms with Crippen LogP contribution in [-0.4, -0.2) is 60.5 Å². The van der Waals surface area contributed by atoms with E-state index >= 15 is 0 Å². The van der Waals surface area contributed by atoms with E-state index in [0.29, 0.717) is 12.8 Å². The minimum absolute atomic E-state index is 0.179. The molecule has 3 N–H and O–H groups in total. The molecule has 1 atom stereocenters. The highest BCUT2D eigenvalue weighted by atomic mass is 16.3. The Bertz CT molecular complexity index is 127. The van der Waals surface area contributed by atoms with Gasteiger partial charge < -0.3 is 15.5 Å². The first kappa shape index (κ1) is 10.9. The first-order valence-electron chi connectivity index (χ1n) is 5.05. The molecule has 1 aliphatic heterocycles. The average Bonchev–Trinajstić information content (AvgIpc) is 2.16. The Morgan fingerprint density at radius 1 is 1.31 bits per heavy atom. The normalized spacial score (nSPS) is 21.7. The van der Waals surface area contributed by atoms with Gasteiger partial charge in [-0.3, -0.25) is 4.90 Å². The Hall–Kier alpha value is -0.160. The van der Waals surface area contributed by atoms with E-state index in [0.717, 1.165) is 32.7 Å². The number of aliphatic hydroxyl groups excluding tert-OH is 2. The third-order valence-electron chi connectivity index (χ3n) is 2.37. The molecule has 0 spiro atoms. The molecule has 0 bridgehead atoms. The number of nitrogens with one attached hydrogen (secondary N) is 1. The van der Waals surface area contributed by atoms with Crippen LogP contribution in [0, 0.1) is 0 Å². The van der Waals surface area contributed by atoms with Gasteiger partial charge in [0, 0.05) is 39.3 Å². The second-order valence-corrected chi connectivity index (χ2v) is 3.57. The van der Waals surface area contributed by atoms with Gasteiger partial charge in [0.05, 0.1) is 6.10 Å². The highest BCUT2D eigenvalue weighted by Gasteiger charge is 2.13. The van der Waals surface area contributed by atoms with Crippen molar-refractivity contribution < 1.29 is 10.2 Å². The third kappa shape index (κ3) is 4.57. The molecule has 4 nitrogen and oxygen atoms in total. The van der Waals surface area contributed by atoms with Crippen LogP contribution in [0.5, 0.6) is 0 Å². The van der Waals surface area contributed by atoms with Gasteiger partial charge in [0.15, 0.2) is 0 Å². The Labute approximate surface area is 79.6 Å². The van der Waals surface area contributed by atoms with Crippen LogP contribution in [0.25, 0.3) is 0 Å². The van der Waals surface area contributed by atoms with Crippen molar-refractivity contribution in [3.8, 4) is 0 Å². The molecule has 0 saturated carbocycles. The Morgan fingerprint density at radius 3 is 2.62 bits per heavy atom. The van der Waals surface area contributed by atoms with Crippen molar-refractivity contribution in [3.05, 3.63) is 0 Å². The lowest BCUT2D eigenvalue weighted by Gasteiger charge is -2.28. The molecule has 0 aromatic carbocycles. The van der Waals surface area contributed by atoms with Gasteiger partial charge in [0.2, 0.25) is 0 Å². The number of hydrogen-bond donors (Lipinski definition) is 3. The molecular formula is C9H20N2O2. The highest BCUT2D eigenvalue weighted by Crippen LogP contribution is 2.00. The molecule has 0 aromatic heterocycles. The SMILES string of the molecule is OCCCC(O)CN1CCNCC1. The molecule has 78 valence electrons. The second-order valence-electron chi connectivity index (χ2n) is 3.57. The van der Waals surface area contributed by atoms with Crippen LogP contribution >= 0.6 is 0 Å². The summed E-state index contributed by atoms with van der Waals surface area (Å²) in [6.07, 6.45) is 1.14. The predicted octanol–water partition coefficient (Wildman–Crippen LogP) is -0.975. The lowest BCUT2D eigenvalue weighted by molar-refractivity contribution is 0.0918. The fraction of sp³-hybridized carbons (Fsp3) is 1.00. The fourth-order valence-corrected chi connectivity index (χ4v) is 1.61. The quantitative estimate of drug-likeness (QED) is 0.519. The zero-order valence-electron chi connectivity index (χ0n) is 8.08. The molecule has 0 aromatic rings. The van der Waals surface area contributed by atoms with Gasteiger partial charge in [-0.1, -0.05) is 0 Å². The van der Waals surface area contributed by atoms with Crippen molar-refractivity contribution in [3.63, 3.8) is 0 Å². The van der Waals surface area contributed by atoms with Crippen molar-refractivity contribution >= 4 is 0 Å². The summed E-state index contributed by atoms with van der Waals surface area (Å²) >= 11 is 0. The summed E-state index contributed by atoms with van der Waals surface area (Å²) in [6, 6.07) is 0. The summed E-state index contributed by atoms with van der Waals surface area (Å²) in [7, 11) is 0. The molecule has 0 aliphatic carbocycles. The number of β-amino-alcohol motifs (C(OH)–C–C–N with tert-alkyl or cyclic N) is 1. The van der Waals surface area contributed by atoms with Gasteiger partial charge in [-0.15, -0.1) is 0 Å². The van der Waals surface area contributed by atoms with Crippen molar-refractivity contribution in [2.45, 2.75) is 18.9 Å². The average molecular weight is 188 g/mol. The summed E-state index contributed by atoms with van der Waals surface area (Å²) in [5.41, 5.74) is 0. The molecule has 1 fully saturated rings. The highest BCUT2D eigenvalue weighted by molar-refractivity contribution is 4.70. The minimum atomic E-state index is -0.273. The summed E-state index contributed by atoms with van der Waals surface area (Å²) in [4.78, 5) is 2.26. The van der Waals surface area contributed by atoms with Crippen LogP contribution in [-0.2, 0) is 0 Å². The van der Waals surface area contributed by atoms with Crippen molar-refractivity contribution in [1.29, 1.82) is 0 Å². The lowest BCUT2D eigenvalue weighted by Crippen LogP contribution is -2.46. The van der Waals surface area contributed by atoms with E-state index in [4.69, 9.17) is 5.11 Å². The summed E-state index contributed by atoms with van der Waals surface area (Å²) in [5, 5.41) is 21.4. The number of hydrogen-bond acceptors (Lipinski definition) is 4. The smallest absolute Gasteiger partial charge is 0.0668 e. The lowest BCUT2D eigenvalue weighted by atomic mass is 10.2. The van der Waals surface area contributed by atoms with Gasteiger partial charge in [-0.2, -0.15) is 0 Å². The summed E-state index contributed by atoms with van der Waals surface area (Å²) in [5.74, 6) is 0. The van der Waals surface area contributed by atoms with E-state index in [-0.39, 0.29) is 12.7 Å².